The Bertz CT molecular complexity index is 403. The van der Waals surface area contributed by atoms with E-state index >= 15 is 0 Å². The first-order chi connectivity index (χ1) is 6.25. The van der Waals surface area contributed by atoms with E-state index in [0.29, 0.717) is 11.6 Å². The van der Waals surface area contributed by atoms with E-state index in [-0.39, 0.29) is 0 Å². The molecule has 66 valence electrons. The van der Waals surface area contributed by atoms with Crippen LogP contribution in [0.1, 0.15) is 5.56 Å². The molecule has 0 aliphatic carbocycles. The van der Waals surface area contributed by atoms with Crippen molar-refractivity contribution < 1.29 is 4.52 Å². The molecule has 1 aromatic heterocycles. The minimum absolute atomic E-state index is 0.413. The largest absolute Gasteiger partial charge is 0.381 e. The van der Waals surface area contributed by atoms with Gasteiger partial charge in [0.25, 0.3) is 0 Å². The Morgan fingerprint density at radius 1 is 1.23 bits per heavy atom. The summed E-state index contributed by atoms with van der Waals surface area (Å²) in [6, 6.07) is 9.72. The molecule has 2 aromatic rings. The maximum Gasteiger partial charge on any atom is 0.169 e. The minimum atomic E-state index is 0.413. The molecule has 0 radical (unpaired) electrons. The van der Waals surface area contributed by atoms with Gasteiger partial charge in [-0.2, -0.15) is 0 Å². The maximum absolute atomic E-state index is 5.44. The molecule has 0 amide bonds. The first-order valence-corrected chi connectivity index (χ1v) is 4.05. The van der Waals surface area contributed by atoms with E-state index in [4.69, 9.17) is 10.3 Å². The van der Waals surface area contributed by atoms with Crippen molar-refractivity contribution in [3.8, 4) is 11.3 Å². The highest BCUT2D eigenvalue weighted by molar-refractivity contribution is 5.60. The van der Waals surface area contributed by atoms with Gasteiger partial charge >= 0.3 is 0 Å². The molecule has 0 spiro atoms. The van der Waals surface area contributed by atoms with Crippen LogP contribution >= 0.6 is 0 Å². The lowest BCUT2D eigenvalue weighted by Crippen LogP contribution is -1.80. The first kappa shape index (κ1) is 7.86. The number of nitrogens with zero attached hydrogens (tertiary/aromatic N) is 1. The molecular weight excluding hydrogens is 164 g/mol. The molecule has 0 fully saturated rings. The summed E-state index contributed by atoms with van der Waals surface area (Å²) in [4.78, 5) is 0. The van der Waals surface area contributed by atoms with Gasteiger partial charge in [0.2, 0.25) is 0 Å². The quantitative estimate of drug-likeness (QED) is 0.721. The SMILES string of the molecule is Cc1ccc(-c2cc(N)no2)cc1. The van der Waals surface area contributed by atoms with Gasteiger partial charge in [-0.25, -0.2) is 0 Å². The van der Waals surface area contributed by atoms with Gasteiger partial charge in [-0.05, 0) is 6.92 Å². The minimum Gasteiger partial charge on any atom is -0.381 e. The third kappa shape index (κ3) is 1.54. The smallest absolute Gasteiger partial charge is 0.169 e. The summed E-state index contributed by atoms with van der Waals surface area (Å²) in [6.45, 7) is 2.04. The van der Waals surface area contributed by atoms with Crippen molar-refractivity contribution in [2.24, 2.45) is 0 Å². The molecule has 0 bridgehead atoms. The topological polar surface area (TPSA) is 52.0 Å². The Labute approximate surface area is 76.2 Å². The highest BCUT2D eigenvalue weighted by Gasteiger charge is 2.02. The van der Waals surface area contributed by atoms with Gasteiger partial charge in [-0.15, -0.1) is 0 Å². The van der Waals surface area contributed by atoms with Crippen LogP contribution in [0.4, 0.5) is 5.82 Å². The van der Waals surface area contributed by atoms with Gasteiger partial charge in [0.1, 0.15) is 0 Å². The number of aryl methyl sites for hydroxylation is 1. The average molecular weight is 174 g/mol. The van der Waals surface area contributed by atoms with Gasteiger partial charge in [0.05, 0.1) is 0 Å². The van der Waals surface area contributed by atoms with Crippen LogP contribution in [-0.2, 0) is 0 Å². The Kier molecular flexibility index (Phi) is 1.77. The molecule has 1 heterocycles. The summed E-state index contributed by atoms with van der Waals surface area (Å²) in [6.07, 6.45) is 0. The number of hydrogen-bond acceptors (Lipinski definition) is 3. The molecule has 2 rings (SSSR count). The maximum atomic E-state index is 5.44. The van der Waals surface area contributed by atoms with E-state index in [1.54, 1.807) is 6.07 Å². The van der Waals surface area contributed by atoms with Gasteiger partial charge in [0.15, 0.2) is 11.6 Å². The van der Waals surface area contributed by atoms with Crippen molar-refractivity contribution >= 4 is 5.82 Å². The third-order valence-corrected chi connectivity index (χ3v) is 1.86. The lowest BCUT2D eigenvalue weighted by atomic mass is 10.1. The highest BCUT2D eigenvalue weighted by Crippen LogP contribution is 2.21. The average Bonchev–Trinajstić information content (AvgIpc) is 2.53. The number of benzene rings is 1. The summed E-state index contributed by atoms with van der Waals surface area (Å²) in [7, 11) is 0. The lowest BCUT2D eigenvalue weighted by molar-refractivity contribution is 0.436. The van der Waals surface area contributed by atoms with Gasteiger partial charge in [0, 0.05) is 11.6 Å². The second-order valence-corrected chi connectivity index (χ2v) is 2.98. The molecule has 3 nitrogen and oxygen atoms in total. The number of anilines is 1. The Hall–Kier alpha value is -1.77. The van der Waals surface area contributed by atoms with Crippen molar-refractivity contribution in [3.63, 3.8) is 0 Å². The normalized spacial score (nSPS) is 10.2. The van der Waals surface area contributed by atoms with Crippen molar-refractivity contribution in [2.45, 2.75) is 6.92 Å². The zero-order chi connectivity index (χ0) is 9.26. The van der Waals surface area contributed by atoms with Gasteiger partial charge in [-0.3, -0.25) is 0 Å². The zero-order valence-electron chi connectivity index (χ0n) is 7.32. The molecule has 0 aliphatic heterocycles. The second kappa shape index (κ2) is 2.94. The standard InChI is InChI=1S/C10H10N2O/c1-7-2-4-8(5-3-7)9-6-10(11)12-13-9/h2-6H,1H3,(H2,11,12). The van der Waals surface area contributed by atoms with Crippen LogP contribution in [0.3, 0.4) is 0 Å². The highest BCUT2D eigenvalue weighted by atomic mass is 16.5. The summed E-state index contributed by atoms with van der Waals surface area (Å²) in [5, 5.41) is 3.62. The fourth-order valence-electron chi connectivity index (χ4n) is 1.14. The van der Waals surface area contributed by atoms with Crippen molar-refractivity contribution in [3.05, 3.63) is 35.9 Å². The molecule has 3 heteroatoms. The first-order valence-electron chi connectivity index (χ1n) is 4.05. The van der Waals surface area contributed by atoms with E-state index in [2.05, 4.69) is 5.16 Å². The number of rotatable bonds is 1. The fraction of sp³-hybridized carbons (Fsp3) is 0.100. The van der Waals surface area contributed by atoms with E-state index in [0.717, 1.165) is 5.56 Å². The van der Waals surface area contributed by atoms with Crippen LogP contribution < -0.4 is 5.73 Å². The van der Waals surface area contributed by atoms with Crippen LogP contribution in [0.15, 0.2) is 34.9 Å². The number of nitrogens with two attached hydrogens (primary N) is 1. The lowest BCUT2D eigenvalue weighted by Gasteiger charge is -1.94. The molecule has 2 N–H and O–H groups in total. The van der Waals surface area contributed by atoms with E-state index < -0.39 is 0 Å². The number of nitrogen functional groups attached to an aromatic ring is 1. The zero-order valence-corrected chi connectivity index (χ0v) is 7.32. The predicted molar refractivity (Wildman–Crippen MR) is 51.1 cm³/mol. The predicted octanol–water partition coefficient (Wildman–Crippen LogP) is 2.23. The summed E-state index contributed by atoms with van der Waals surface area (Å²) in [5.41, 5.74) is 7.65. The monoisotopic (exact) mass is 174 g/mol. The molecular formula is C10H10N2O. The number of hydrogen-bond donors (Lipinski definition) is 1. The van der Waals surface area contributed by atoms with Gasteiger partial charge < -0.3 is 10.3 Å². The fourth-order valence-corrected chi connectivity index (χ4v) is 1.14. The second-order valence-electron chi connectivity index (χ2n) is 2.98. The van der Waals surface area contributed by atoms with Crippen LogP contribution in [0.2, 0.25) is 0 Å². The van der Waals surface area contributed by atoms with E-state index in [1.165, 1.54) is 5.56 Å². The van der Waals surface area contributed by atoms with E-state index in [9.17, 15) is 0 Å². The number of aromatic nitrogens is 1. The third-order valence-electron chi connectivity index (χ3n) is 1.86. The van der Waals surface area contributed by atoms with Crippen LogP contribution in [0.25, 0.3) is 11.3 Å². The molecule has 0 atom stereocenters. The molecule has 0 saturated heterocycles. The van der Waals surface area contributed by atoms with Crippen LogP contribution in [0, 0.1) is 6.92 Å². The molecule has 13 heavy (non-hydrogen) atoms. The van der Waals surface area contributed by atoms with Crippen LogP contribution in [-0.4, -0.2) is 5.16 Å². The van der Waals surface area contributed by atoms with Crippen molar-refractivity contribution in [1.82, 2.24) is 5.16 Å². The summed E-state index contributed by atoms with van der Waals surface area (Å²) in [5.74, 6) is 1.12. The van der Waals surface area contributed by atoms with E-state index in [1.807, 2.05) is 31.2 Å². The Balaban J connectivity index is 2.41. The molecule has 0 saturated carbocycles. The van der Waals surface area contributed by atoms with Crippen molar-refractivity contribution in [1.29, 1.82) is 0 Å². The molecule has 0 unspecified atom stereocenters. The van der Waals surface area contributed by atoms with Gasteiger partial charge in [-0.1, -0.05) is 35.0 Å². The Morgan fingerprint density at radius 3 is 2.46 bits per heavy atom. The van der Waals surface area contributed by atoms with Crippen molar-refractivity contribution in [2.75, 3.05) is 5.73 Å². The van der Waals surface area contributed by atoms with Crippen LogP contribution in [0.5, 0.6) is 0 Å². The molecule has 1 aromatic carbocycles. The Morgan fingerprint density at radius 2 is 1.92 bits per heavy atom. The summed E-state index contributed by atoms with van der Waals surface area (Å²) < 4.78 is 5.02. The summed E-state index contributed by atoms with van der Waals surface area (Å²) >= 11 is 0. The molecule has 0 aliphatic rings.